The Morgan fingerprint density at radius 3 is 2.47 bits per heavy atom. The van der Waals surface area contributed by atoms with Crippen molar-refractivity contribution in [2.24, 2.45) is 5.92 Å². The van der Waals surface area contributed by atoms with Crippen molar-refractivity contribution in [3.05, 3.63) is 0 Å². The molecule has 106 valence electrons. The van der Waals surface area contributed by atoms with Gasteiger partial charge in [-0.25, -0.2) is 4.79 Å². The summed E-state index contributed by atoms with van der Waals surface area (Å²) in [5.74, 6) is -0.235. The Kier molecular flexibility index (Phi) is 3.78. The fourth-order valence-corrected chi connectivity index (χ4v) is 2.00. The molecular formula is C13H21N3O3. The minimum Gasteiger partial charge on any atom is -0.352 e. The summed E-state index contributed by atoms with van der Waals surface area (Å²) in [6, 6.07) is -0.0845. The Hall–Kier alpha value is -1.59. The van der Waals surface area contributed by atoms with Crippen LogP contribution in [-0.4, -0.2) is 52.8 Å². The third-order valence-electron chi connectivity index (χ3n) is 3.76. The summed E-state index contributed by atoms with van der Waals surface area (Å²) in [5, 5.41) is 2.80. The maximum Gasteiger partial charge on any atom is 0.327 e. The average molecular weight is 267 g/mol. The third kappa shape index (κ3) is 3.05. The van der Waals surface area contributed by atoms with Crippen molar-refractivity contribution in [2.45, 2.75) is 45.7 Å². The van der Waals surface area contributed by atoms with Crippen LogP contribution >= 0.6 is 0 Å². The molecule has 0 aromatic carbocycles. The molecule has 4 amide bonds. The van der Waals surface area contributed by atoms with Gasteiger partial charge in [-0.1, -0.05) is 13.8 Å². The monoisotopic (exact) mass is 267 g/mol. The lowest BCUT2D eigenvalue weighted by Crippen LogP contribution is -2.45. The lowest BCUT2D eigenvalue weighted by Gasteiger charge is -2.20. The summed E-state index contributed by atoms with van der Waals surface area (Å²) in [5.41, 5.74) is 0. The molecule has 1 atom stereocenters. The molecule has 1 heterocycles. The molecule has 1 saturated carbocycles. The van der Waals surface area contributed by atoms with Gasteiger partial charge in [0.15, 0.2) is 0 Å². The molecule has 0 bridgehead atoms. The molecule has 0 spiro atoms. The van der Waals surface area contributed by atoms with Crippen molar-refractivity contribution < 1.29 is 14.4 Å². The SMILES string of the molecule is CC(C)C(C)NC(=O)CN1C(=O)CN(C2CC2)C1=O. The molecule has 6 nitrogen and oxygen atoms in total. The topological polar surface area (TPSA) is 69.7 Å². The van der Waals surface area contributed by atoms with Crippen molar-refractivity contribution in [3.8, 4) is 0 Å². The number of imide groups is 1. The number of nitrogens with zero attached hydrogens (tertiary/aromatic N) is 2. The van der Waals surface area contributed by atoms with Crippen LogP contribution in [0.1, 0.15) is 33.6 Å². The second-order valence-corrected chi connectivity index (χ2v) is 5.72. The van der Waals surface area contributed by atoms with Gasteiger partial charge in [0.2, 0.25) is 5.91 Å². The van der Waals surface area contributed by atoms with Gasteiger partial charge in [0.05, 0.1) is 0 Å². The van der Waals surface area contributed by atoms with E-state index in [-0.39, 0.29) is 43.0 Å². The summed E-state index contributed by atoms with van der Waals surface area (Å²) in [4.78, 5) is 38.2. The van der Waals surface area contributed by atoms with E-state index in [1.807, 2.05) is 20.8 Å². The molecule has 1 unspecified atom stereocenters. The normalized spacial score (nSPS) is 21.3. The fourth-order valence-electron chi connectivity index (χ4n) is 2.00. The highest BCUT2D eigenvalue weighted by atomic mass is 16.2. The zero-order valence-electron chi connectivity index (χ0n) is 11.7. The predicted molar refractivity (Wildman–Crippen MR) is 69.3 cm³/mol. The largest absolute Gasteiger partial charge is 0.352 e. The van der Waals surface area contributed by atoms with E-state index in [1.165, 1.54) is 0 Å². The lowest BCUT2D eigenvalue weighted by molar-refractivity contribution is -0.131. The van der Waals surface area contributed by atoms with E-state index in [0.29, 0.717) is 5.92 Å². The quantitative estimate of drug-likeness (QED) is 0.740. The molecule has 1 saturated heterocycles. The minimum atomic E-state index is -0.320. The Balaban J connectivity index is 1.89. The fraction of sp³-hybridized carbons (Fsp3) is 0.769. The molecule has 1 aliphatic carbocycles. The maximum atomic E-state index is 12.0. The standard InChI is InChI=1S/C13H21N3O3/c1-8(2)9(3)14-11(17)6-16-12(18)7-15(13(16)19)10-4-5-10/h8-10H,4-7H2,1-3H3,(H,14,17). The van der Waals surface area contributed by atoms with Crippen LogP contribution in [0.15, 0.2) is 0 Å². The lowest BCUT2D eigenvalue weighted by atomic mass is 10.1. The summed E-state index contributed by atoms with van der Waals surface area (Å²) >= 11 is 0. The zero-order chi connectivity index (χ0) is 14.2. The van der Waals surface area contributed by atoms with Crippen molar-refractivity contribution in [3.63, 3.8) is 0 Å². The maximum absolute atomic E-state index is 12.0. The molecule has 19 heavy (non-hydrogen) atoms. The molecular weight excluding hydrogens is 246 g/mol. The molecule has 2 aliphatic rings. The molecule has 1 aliphatic heterocycles. The average Bonchev–Trinajstić information content (AvgIpc) is 3.12. The molecule has 2 rings (SSSR count). The number of urea groups is 1. The van der Waals surface area contributed by atoms with Gasteiger partial charge in [0.1, 0.15) is 13.1 Å². The van der Waals surface area contributed by atoms with Gasteiger partial charge in [-0.3, -0.25) is 14.5 Å². The van der Waals surface area contributed by atoms with Gasteiger partial charge >= 0.3 is 6.03 Å². The zero-order valence-corrected chi connectivity index (χ0v) is 11.7. The Bertz CT molecular complexity index is 404. The Morgan fingerprint density at radius 1 is 1.32 bits per heavy atom. The minimum absolute atomic E-state index is 0.0276. The summed E-state index contributed by atoms with van der Waals surface area (Å²) in [7, 11) is 0. The van der Waals surface area contributed by atoms with Crippen molar-refractivity contribution in [1.29, 1.82) is 0 Å². The summed E-state index contributed by atoms with van der Waals surface area (Å²) in [6.45, 7) is 5.87. The van der Waals surface area contributed by atoms with Gasteiger partial charge in [-0.2, -0.15) is 0 Å². The van der Waals surface area contributed by atoms with Crippen LogP contribution in [0.4, 0.5) is 4.79 Å². The van der Waals surface area contributed by atoms with Crippen LogP contribution in [0, 0.1) is 5.92 Å². The van der Waals surface area contributed by atoms with Crippen LogP contribution in [0.3, 0.4) is 0 Å². The number of rotatable bonds is 5. The van der Waals surface area contributed by atoms with E-state index in [4.69, 9.17) is 0 Å². The molecule has 0 radical (unpaired) electrons. The second kappa shape index (κ2) is 5.19. The highest BCUT2D eigenvalue weighted by Crippen LogP contribution is 2.30. The van der Waals surface area contributed by atoms with Crippen molar-refractivity contribution in [2.75, 3.05) is 13.1 Å². The molecule has 0 aromatic rings. The van der Waals surface area contributed by atoms with Gasteiger partial charge in [-0.05, 0) is 25.7 Å². The van der Waals surface area contributed by atoms with Gasteiger partial charge in [-0.15, -0.1) is 0 Å². The van der Waals surface area contributed by atoms with Gasteiger partial charge in [0, 0.05) is 12.1 Å². The van der Waals surface area contributed by atoms with E-state index < -0.39 is 0 Å². The van der Waals surface area contributed by atoms with E-state index in [2.05, 4.69) is 5.32 Å². The molecule has 6 heteroatoms. The number of hydrogen-bond donors (Lipinski definition) is 1. The Labute approximate surface area is 113 Å². The second-order valence-electron chi connectivity index (χ2n) is 5.72. The van der Waals surface area contributed by atoms with E-state index in [9.17, 15) is 14.4 Å². The highest BCUT2D eigenvalue weighted by molar-refractivity contribution is 6.04. The highest BCUT2D eigenvalue weighted by Gasteiger charge is 2.44. The van der Waals surface area contributed by atoms with E-state index in [0.717, 1.165) is 17.7 Å². The van der Waals surface area contributed by atoms with Crippen molar-refractivity contribution in [1.82, 2.24) is 15.1 Å². The number of hydrogen-bond acceptors (Lipinski definition) is 3. The van der Waals surface area contributed by atoms with Crippen LogP contribution < -0.4 is 5.32 Å². The number of carbonyl (C=O) groups excluding carboxylic acids is 3. The summed E-state index contributed by atoms with van der Waals surface area (Å²) in [6.07, 6.45) is 1.92. The smallest absolute Gasteiger partial charge is 0.327 e. The van der Waals surface area contributed by atoms with Crippen LogP contribution in [0.25, 0.3) is 0 Å². The molecule has 0 aromatic heterocycles. The van der Waals surface area contributed by atoms with E-state index >= 15 is 0 Å². The number of carbonyl (C=O) groups is 3. The van der Waals surface area contributed by atoms with Crippen LogP contribution in [0.2, 0.25) is 0 Å². The molecule has 2 fully saturated rings. The molecule has 1 N–H and O–H groups in total. The predicted octanol–water partition coefficient (Wildman–Crippen LogP) is 0.574. The number of amides is 4. The summed E-state index contributed by atoms with van der Waals surface area (Å²) < 4.78 is 0. The van der Waals surface area contributed by atoms with Crippen LogP contribution in [0.5, 0.6) is 0 Å². The van der Waals surface area contributed by atoms with Gasteiger partial charge < -0.3 is 10.2 Å². The first-order valence-electron chi connectivity index (χ1n) is 6.80. The van der Waals surface area contributed by atoms with E-state index in [1.54, 1.807) is 4.90 Å². The van der Waals surface area contributed by atoms with Gasteiger partial charge in [0.25, 0.3) is 5.91 Å². The first kappa shape index (κ1) is 13.8. The van der Waals surface area contributed by atoms with Crippen LogP contribution in [-0.2, 0) is 9.59 Å². The third-order valence-corrected chi connectivity index (χ3v) is 3.76. The van der Waals surface area contributed by atoms with Crippen molar-refractivity contribution >= 4 is 17.8 Å². The first-order chi connectivity index (χ1) is 8.90. The number of nitrogens with one attached hydrogen (secondary N) is 1. The first-order valence-corrected chi connectivity index (χ1v) is 6.80. The Morgan fingerprint density at radius 2 is 1.95 bits per heavy atom.